The van der Waals surface area contributed by atoms with Crippen LogP contribution in [0.3, 0.4) is 0 Å². The molecule has 1 aliphatic heterocycles. The van der Waals surface area contributed by atoms with Crippen molar-refractivity contribution < 1.29 is 15.0 Å². The average Bonchev–Trinajstić information content (AvgIpc) is 3.10. The predicted molar refractivity (Wildman–Crippen MR) is 124 cm³/mol. The highest BCUT2D eigenvalue weighted by atomic mass is 79.9. The number of amides is 1. The summed E-state index contributed by atoms with van der Waals surface area (Å²) in [6.07, 6.45) is 3.09. The standard InChI is InChI=1S/C20H24BrN7O3S/c1-10(22)19(31)27-4-2-11(3-5-27)8-28-18-16(17(23)24-9-25-18)26-20(28)32-15-7-14(30)13(29)6-12(15)21/h6-7,9-11,29-30H,2-5,8,22H2,1H3,(H2,23,24,25)/t10-/m0/s1. The first-order valence-electron chi connectivity index (χ1n) is 10.1. The summed E-state index contributed by atoms with van der Waals surface area (Å²) in [7, 11) is 0. The third kappa shape index (κ3) is 4.48. The van der Waals surface area contributed by atoms with E-state index < -0.39 is 6.04 Å². The van der Waals surface area contributed by atoms with Gasteiger partial charge < -0.3 is 31.1 Å². The highest BCUT2D eigenvalue weighted by Gasteiger charge is 2.27. The molecule has 0 aliphatic carbocycles. The van der Waals surface area contributed by atoms with Crippen LogP contribution in [0.25, 0.3) is 11.2 Å². The van der Waals surface area contributed by atoms with E-state index in [0.29, 0.717) is 57.1 Å². The normalized spacial score (nSPS) is 15.9. The number of halogens is 1. The van der Waals surface area contributed by atoms with E-state index in [1.807, 2.05) is 9.47 Å². The van der Waals surface area contributed by atoms with Crippen molar-refractivity contribution in [3.05, 3.63) is 22.9 Å². The lowest BCUT2D eigenvalue weighted by Gasteiger charge is -2.33. The number of hydrogen-bond donors (Lipinski definition) is 4. The summed E-state index contributed by atoms with van der Waals surface area (Å²) in [5, 5.41) is 20.3. The number of phenols is 2. The summed E-state index contributed by atoms with van der Waals surface area (Å²) in [5.74, 6) is 0.157. The quantitative estimate of drug-likeness (QED) is 0.369. The van der Waals surface area contributed by atoms with Gasteiger partial charge in [0.2, 0.25) is 5.91 Å². The van der Waals surface area contributed by atoms with Crippen molar-refractivity contribution in [3.8, 4) is 11.5 Å². The number of benzene rings is 1. The summed E-state index contributed by atoms with van der Waals surface area (Å²) in [6.45, 7) is 3.68. The molecule has 32 heavy (non-hydrogen) atoms. The number of nitrogens with zero attached hydrogens (tertiary/aromatic N) is 5. The third-order valence-corrected chi connectivity index (χ3v) is 7.48. The van der Waals surface area contributed by atoms with Crippen molar-refractivity contribution in [2.24, 2.45) is 11.7 Å². The number of phenolic OH excluding ortho intramolecular Hbond substituents is 2. The number of aromatic hydroxyl groups is 2. The van der Waals surface area contributed by atoms with E-state index in [2.05, 4.69) is 30.9 Å². The number of carbonyl (C=O) groups excluding carboxylic acids is 1. The Kier molecular flexibility index (Phi) is 6.45. The van der Waals surface area contributed by atoms with E-state index in [1.54, 1.807) is 6.92 Å². The van der Waals surface area contributed by atoms with Crippen molar-refractivity contribution in [1.82, 2.24) is 24.4 Å². The molecule has 3 aromatic rings. The van der Waals surface area contributed by atoms with Gasteiger partial charge in [-0.15, -0.1) is 0 Å². The van der Waals surface area contributed by atoms with Crippen molar-refractivity contribution in [3.63, 3.8) is 0 Å². The molecule has 1 saturated heterocycles. The second-order valence-corrected chi connectivity index (χ2v) is 9.73. The minimum atomic E-state index is -0.494. The van der Waals surface area contributed by atoms with Gasteiger partial charge in [0.25, 0.3) is 0 Å². The molecule has 3 heterocycles. The summed E-state index contributed by atoms with van der Waals surface area (Å²) in [4.78, 5) is 27.8. The maximum absolute atomic E-state index is 12.2. The van der Waals surface area contributed by atoms with E-state index in [4.69, 9.17) is 11.5 Å². The molecular formula is C20H24BrN7O3S. The van der Waals surface area contributed by atoms with Gasteiger partial charge in [-0.3, -0.25) is 4.79 Å². The van der Waals surface area contributed by atoms with Crippen LogP contribution in [-0.4, -0.2) is 59.7 Å². The molecule has 12 heteroatoms. The number of fused-ring (bicyclic) bond motifs is 1. The zero-order valence-corrected chi connectivity index (χ0v) is 19.8. The number of carbonyl (C=O) groups is 1. The predicted octanol–water partition coefficient (Wildman–Crippen LogP) is 2.32. The number of aromatic nitrogens is 4. The SMILES string of the molecule is C[C@H](N)C(=O)N1CCC(Cn2c(Sc3cc(O)c(O)cc3Br)nc3c(N)ncnc32)CC1. The lowest BCUT2D eigenvalue weighted by Crippen LogP contribution is -2.46. The fraction of sp³-hybridized carbons (Fsp3) is 0.400. The zero-order chi connectivity index (χ0) is 23.0. The number of rotatable bonds is 5. The van der Waals surface area contributed by atoms with Crippen LogP contribution in [0.15, 0.2) is 33.0 Å². The van der Waals surface area contributed by atoms with E-state index in [1.165, 1.54) is 30.2 Å². The molecule has 1 aromatic carbocycles. The van der Waals surface area contributed by atoms with Crippen LogP contribution in [0, 0.1) is 5.92 Å². The molecule has 6 N–H and O–H groups in total. The lowest BCUT2D eigenvalue weighted by molar-refractivity contribution is -0.133. The molecule has 1 amide bonds. The van der Waals surface area contributed by atoms with Crippen LogP contribution >= 0.6 is 27.7 Å². The molecule has 0 unspecified atom stereocenters. The van der Waals surface area contributed by atoms with Crippen LogP contribution in [0.1, 0.15) is 19.8 Å². The highest BCUT2D eigenvalue weighted by Crippen LogP contribution is 2.41. The summed E-state index contributed by atoms with van der Waals surface area (Å²) in [5.41, 5.74) is 12.9. The Bertz CT molecular complexity index is 1160. The summed E-state index contributed by atoms with van der Waals surface area (Å²) < 4.78 is 2.63. The molecule has 4 rings (SSSR count). The monoisotopic (exact) mass is 521 g/mol. The van der Waals surface area contributed by atoms with E-state index in [-0.39, 0.29) is 17.4 Å². The Morgan fingerprint density at radius 1 is 1.28 bits per heavy atom. The van der Waals surface area contributed by atoms with Gasteiger partial charge in [-0.1, -0.05) is 11.8 Å². The number of nitrogens with two attached hydrogens (primary N) is 2. The Labute approximate surface area is 197 Å². The number of likely N-dealkylation sites (tertiary alicyclic amines) is 1. The van der Waals surface area contributed by atoms with Crippen LogP contribution in [0.2, 0.25) is 0 Å². The topological polar surface area (TPSA) is 156 Å². The molecular weight excluding hydrogens is 498 g/mol. The molecule has 0 radical (unpaired) electrons. The van der Waals surface area contributed by atoms with Gasteiger partial charge in [0.1, 0.15) is 6.33 Å². The molecule has 170 valence electrons. The first-order valence-corrected chi connectivity index (χ1v) is 11.8. The molecule has 0 bridgehead atoms. The fourth-order valence-corrected chi connectivity index (χ4v) is 5.27. The van der Waals surface area contributed by atoms with Gasteiger partial charge in [0.15, 0.2) is 33.6 Å². The number of anilines is 1. The van der Waals surface area contributed by atoms with E-state index in [9.17, 15) is 15.0 Å². The second-order valence-electron chi connectivity index (χ2n) is 7.87. The van der Waals surface area contributed by atoms with E-state index >= 15 is 0 Å². The summed E-state index contributed by atoms with van der Waals surface area (Å²) >= 11 is 4.75. The Balaban J connectivity index is 1.62. The van der Waals surface area contributed by atoms with Gasteiger partial charge >= 0.3 is 0 Å². The van der Waals surface area contributed by atoms with Gasteiger partial charge in [0, 0.05) is 29.0 Å². The molecule has 0 spiro atoms. The van der Waals surface area contributed by atoms with Crippen LogP contribution in [-0.2, 0) is 11.3 Å². The average molecular weight is 522 g/mol. The number of piperidine rings is 1. The fourth-order valence-electron chi connectivity index (χ4n) is 3.77. The van der Waals surface area contributed by atoms with Crippen molar-refractivity contribution >= 4 is 50.6 Å². The minimum Gasteiger partial charge on any atom is -0.504 e. The Morgan fingerprint density at radius 2 is 1.97 bits per heavy atom. The Hall–Kier alpha value is -2.57. The van der Waals surface area contributed by atoms with E-state index in [0.717, 1.165) is 12.8 Å². The zero-order valence-electron chi connectivity index (χ0n) is 17.4. The number of hydrogen-bond acceptors (Lipinski definition) is 9. The molecule has 1 aliphatic rings. The van der Waals surface area contributed by atoms with Crippen LogP contribution in [0.5, 0.6) is 11.5 Å². The lowest BCUT2D eigenvalue weighted by atomic mass is 9.96. The highest BCUT2D eigenvalue weighted by molar-refractivity contribution is 9.10. The first-order chi connectivity index (χ1) is 15.2. The summed E-state index contributed by atoms with van der Waals surface area (Å²) in [6, 6.07) is 2.41. The van der Waals surface area contributed by atoms with Gasteiger partial charge in [-0.25, -0.2) is 15.0 Å². The van der Waals surface area contributed by atoms with Gasteiger partial charge in [-0.05, 0) is 53.7 Å². The van der Waals surface area contributed by atoms with Crippen molar-refractivity contribution in [1.29, 1.82) is 0 Å². The third-order valence-electron chi connectivity index (χ3n) is 5.51. The molecule has 10 nitrogen and oxygen atoms in total. The van der Waals surface area contributed by atoms with Crippen LogP contribution < -0.4 is 11.5 Å². The molecule has 1 atom stereocenters. The second kappa shape index (κ2) is 9.12. The minimum absolute atomic E-state index is 0.0229. The Morgan fingerprint density at radius 3 is 2.66 bits per heavy atom. The molecule has 1 fully saturated rings. The van der Waals surface area contributed by atoms with Gasteiger partial charge in [-0.2, -0.15) is 0 Å². The number of imidazole rings is 1. The smallest absolute Gasteiger partial charge is 0.239 e. The number of nitrogen functional groups attached to an aromatic ring is 1. The maximum Gasteiger partial charge on any atom is 0.239 e. The first kappa shape index (κ1) is 22.6. The maximum atomic E-state index is 12.2. The molecule has 0 saturated carbocycles. The largest absolute Gasteiger partial charge is 0.504 e. The van der Waals surface area contributed by atoms with Gasteiger partial charge in [0.05, 0.1) is 6.04 Å². The molecule has 2 aromatic heterocycles. The van der Waals surface area contributed by atoms with Crippen molar-refractivity contribution in [2.75, 3.05) is 18.8 Å². The van der Waals surface area contributed by atoms with Crippen LogP contribution in [0.4, 0.5) is 5.82 Å². The van der Waals surface area contributed by atoms with Crippen molar-refractivity contribution in [2.45, 2.75) is 42.4 Å².